The molecule has 0 fully saturated rings. The predicted octanol–water partition coefficient (Wildman–Crippen LogP) is 7.80. The molecule has 27 heavy (non-hydrogen) atoms. The van der Waals surface area contributed by atoms with E-state index in [9.17, 15) is 0 Å². The molecule has 0 aliphatic rings. The van der Waals surface area contributed by atoms with Crippen molar-refractivity contribution in [1.29, 1.82) is 0 Å². The van der Waals surface area contributed by atoms with Gasteiger partial charge >= 0.3 is 0 Å². The molecule has 1 nitrogen and oxygen atoms in total. The molecule has 0 radical (unpaired) electrons. The maximum absolute atomic E-state index is 6.04. The maximum Gasteiger partial charge on any atom is 0.135 e. The van der Waals surface area contributed by atoms with Crippen molar-refractivity contribution in [3.63, 3.8) is 0 Å². The summed E-state index contributed by atoms with van der Waals surface area (Å²) in [6.07, 6.45) is 6.14. The molecule has 4 rings (SSSR count). The summed E-state index contributed by atoms with van der Waals surface area (Å²) in [5, 5.41) is 2.52. The van der Waals surface area contributed by atoms with Crippen molar-refractivity contribution < 1.29 is 4.42 Å². The van der Waals surface area contributed by atoms with Crippen LogP contribution in [0, 0.1) is 6.92 Å². The van der Waals surface area contributed by atoms with Crippen LogP contribution in [0.5, 0.6) is 0 Å². The van der Waals surface area contributed by atoms with E-state index in [4.69, 9.17) is 4.42 Å². The van der Waals surface area contributed by atoms with Gasteiger partial charge in [0.05, 0.1) is 0 Å². The molecule has 0 saturated heterocycles. The fraction of sp³-hybridized carbons (Fsp3) is 0.308. The Morgan fingerprint density at radius 3 is 2.52 bits per heavy atom. The van der Waals surface area contributed by atoms with E-state index in [1.807, 2.05) is 0 Å². The van der Waals surface area contributed by atoms with Crippen LogP contribution in [0.4, 0.5) is 0 Å². The smallest absolute Gasteiger partial charge is 0.135 e. The minimum atomic E-state index is 0.643. The SMILES string of the molecule is CCCCC(CCc1ccc2oc3cccc(C)c3c2c1)c1ccccc1. The molecule has 0 saturated carbocycles. The normalized spacial score (nSPS) is 12.7. The molecule has 1 heteroatoms. The zero-order valence-corrected chi connectivity index (χ0v) is 16.4. The highest BCUT2D eigenvalue weighted by Crippen LogP contribution is 2.33. The van der Waals surface area contributed by atoms with Crippen LogP contribution in [-0.4, -0.2) is 0 Å². The number of fused-ring (bicyclic) bond motifs is 3. The van der Waals surface area contributed by atoms with Gasteiger partial charge in [0, 0.05) is 10.8 Å². The molecular formula is C26H28O. The van der Waals surface area contributed by atoms with Gasteiger partial charge < -0.3 is 4.42 Å². The van der Waals surface area contributed by atoms with E-state index < -0.39 is 0 Å². The summed E-state index contributed by atoms with van der Waals surface area (Å²) in [6.45, 7) is 4.45. The summed E-state index contributed by atoms with van der Waals surface area (Å²) in [6, 6.07) is 24.1. The average Bonchev–Trinajstić information content (AvgIpc) is 3.08. The first-order chi connectivity index (χ1) is 13.3. The number of aryl methyl sites for hydroxylation is 2. The fourth-order valence-electron chi connectivity index (χ4n) is 4.20. The van der Waals surface area contributed by atoms with Gasteiger partial charge in [-0.05, 0) is 67.0 Å². The summed E-state index contributed by atoms with van der Waals surface area (Å²) < 4.78 is 6.04. The van der Waals surface area contributed by atoms with Gasteiger partial charge in [0.15, 0.2) is 0 Å². The Kier molecular flexibility index (Phi) is 5.29. The lowest BCUT2D eigenvalue weighted by atomic mass is 9.88. The Morgan fingerprint density at radius 2 is 1.70 bits per heavy atom. The second kappa shape index (κ2) is 8.00. The summed E-state index contributed by atoms with van der Waals surface area (Å²) in [7, 11) is 0. The molecular weight excluding hydrogens is 328 g/mol. The fourth-order valence-corrected chi connectivity index (χ4v) is 4.20. The molecule has 1 heterocycles. The maximum atomic E-state index is 6.04. The average molecular weight is 357 g/mol. The van der Waals surface area contributed by atoms with Gasteiger partial charge in [-0.15, -0.1) is 0 Å². The van der Waals surface area contributed by atoms with Crippen LogP contribution < -0.4 is 0 Å². The quantitative estimate of drug-likeness (QED) is 0.329. The Bertz CT molecular complexity index is 1030. The standard InChI is InChI=1S/C26H28O/c1-3-4-10-22(21-11-6-5-7-12-21)16-14-20-15-17-24-23(18-20)26-19(2)9-8-13-25(26)27-24/h5-9,11-13,15,17-18,22H,3-4,10,14,16H2,1-2H3. The van der Waals surface area contributed by atoms with E-state index in [1.54, 1.807) is 0 Å². The summed E-state index contributed by atoms with van der Waals surface area (Å²) in [5.41, 5.74) is 6.16. The van der Waals surface area contributed by atoms with Gasteiger partial charge in [-0.25, -0.2) is 0 Å². The first-order valence-corrected chi connectivity index (χ1v) is 10.2. The van der Waals surface area contributed by atoms with Crippen molar-refractivity contribution in [2.45, 2.75) is 51.9 Å². The molecule has 0 amide bonds. The van der Waals surface area contributed by atoms with E-state index in [1.165, 1.54) is 53.1 Å². The Hall–Kier alpha value is -2.54. The molecule has 1 atom stereocenters. The van der Waals surface area contributed by atoms with E-state index in [0.717, 1.165) is 17.6 Å². The highest BCUT2D eigenvalue weighted by Gasteiger charge is 2.13. The first kappa shape index (κ1) is 17.9. The third-order valence-corrected chi connectivity index (χ3v) is 5.73. The number of unbranched alkanes of at least 4 members (excludes halogenated alkanes) is 1. The minimum Gasteiger partial charge on any atom is -0.456 e. The van der Waals surface area contributed by atoms with Gasteiger partial charge in [0.1, 0.15) is 11.2 Å². The van der Waals surface area contributed by atoms with Crippen molar-refractivity contribution in [3.05, 3.63) is 83.4 Å². The molecule has 1 unspecified atom stereocenters. The lowest BCUT2D eigenvalue weighted by molar-refractivity contribution is 0.547. The molecule has 138 valence electrons. The molecule has 1 aromatic heterocycles. The highest BCUT2D eigenvalue weighted by molar-refractivity contribution is 6.06. The molecule has 0 bridgehead atoms. The van der Waals surface area contributed by atoms with E-state index in [2.05, 4.69) is 80.6 Å². The molecule has 0 spiro atoms. The van der Waals surface area contributed by atoms with Crippen molar-refractivity contribution in [2.24, 2.45) is 0 Å². The Labute approximate surface area is 162 Å². The van der Waals surface area contributed by atoms with Crippen LogP contribution >= 0.6 is 0 Å². The van der Waals surface area contributed by atoms with Crippen molar-refractivity contribution >= 4 is 21.9 Å². The zero-order chi connectivity index (χ0) is 18.6. The lowest BCUT2D eigenvalue weighted by Gasteiger charge is -2.17. The number of hydrogen-bond donors (Lipinski definition) is 0. The third kappa shape index (κ3) is 3.78. The van der Waals surface area contributed by atoms with Crippen LogP contribution in [0.15, 0.2) is 71.1 Å². The highest BCUT2D eigenvalue weighted by atomic mass is 16.3. The third-order valence-electron chi connectivity index (χ3n) is 5.73. The van der Waals surface area contributed by atoms with Crippen LogP contribution in [0.1, 0.15) is 55.2 Å². The topological polar surface area (TPSA) is 13.1 Å². The summed E-state index contributed by atoms with van der Waals surface area (Å²) >= 11 is 0. The van der Waals surface area contributed by atoms with Crippen LogP contribution in [0.3, 0.4) is 0 Å². The van der Waals surface area contributed by atoms with Crippen molar-refractivity contribution in [1.82, 2.24) is 0 Å². The van der Waals surface area contributed by atoms with Gasteiger partial charge in [-0.3, -0.25) is 0 Å². The van der Waals surface area contributed by atoms with Gasteiger partial charge in [-0.1, -0.05) is 68.3 Å². The minimum absolute atomic E-state index is 0.643. The van der Waals surface area contributed by atoms with Crippen molar-refractivity contribution in [2.75, 3.05) is 0 Å². The van der Waals surface area contributed by atoms with Crippen LogP contribution in [0.2, 0.25) is 0 Å². The summed E-state index contributed by atoms with van der Waals surface area (Å²) in [4.78, 5) is 0. The largest absolute Gasteiger partial charge is 0.456 e. The monoisotopic (exact) mass is 356 g/mol. The number of furan rings is 1. The second-order valence-corrected chi connectivity index (χ2v) is 7.67. The van der Waals surface area contributed by atoms with E-state index >= 15 is 0 Å². The first-order valence-electron chi connectivity index (χ1n) is 10.2. The van der Waals surface area contributed by atoms with E-state index in [-0.39, 0.29) is 0 Å². The molecule has 4 aromatic rings. The Morgan fingerprint density at radius 1 is 0.852 bits per heavy atom. The van der Waals surface area contributed by atoms with Gasteiger partial charge in [0.2, 0.25) is 0 Å². The van der Waals surface area contributed by atoms with Gasteiger partial charge in [0.25, 0.3) is 0 Å². The number of rotatable bonds is 7. The van der Waals surface area contributed by atoms with E-state index in [0.29, 0.717) is 5.92 Å². The predicted molar refractivity (Wildman–Crippen MR) is 115 cm³/mol. The second-order valence-electron chi connectivity index (χ2n) is 7.67. The molecule has 3 aromatic carbocycles. The van der Waals surface area contributed by atoms with Gasteiger partial charge in [-0.2, -0.15) is 0 Å². The number of benzene rings is 3. The molecule has 0 aliphatic carbocycles. The number of hydrogen-bond acceptors (Lipinski definition) is 1. The van der Waals surface area contributed by atoms with Crippen LogP contribution in [0.25, 0.3) is 21.9 Å². The molecule has 0 aliphatic heterocycles. The molecule has 0 N–H and O–H groups in total. The zero-order valence-electron chi connectivity index (χ0n) is 16.4. The Balaban J connectivity index is 1.59. The lowest BCUT2D eigenvalue weighted by Crippen LogP contribution is -2.01. The van der Waals surface area contributed by atoms with Crippen molar-refractivity contribution in [3.8, 4) is 0 Å². The summed E-state index contributed by atoms with van der Waals surface area (Å²) in [5.74, 6) is 0.643. The van der Waals surface area contributed by atoms with Crippen LogP contribution in [-0.2, 0) is 6.42 Å².